The molecule has 24 heavy (non-hydrogen) atoms. The Hall–Kier alpha value is -3.07. The molecule has 0 saturated carbocycles. The minimum Gasteiger partial charge on any atom is -0.457 e. The van der Waals surface area contributed by atoms with Crippen LogP contribution in [-0.4, -0.2) is 5.97 Å². The van der Waals surface area contributed by atoms with Crippen LogP contribution in [0.15, 0.2) is 78.9 Å². The van der Waals surface area contributed by atoms with Crippen LogP contribution in [0.3, 0.4) is 0 Å². The van der Waals surface area contributed by atoms with E-state index in [1.54, 1.807) is 24.3 Å². The molecule has 0 aliphatic carbocycles. The molecule has 0 amide bonds. The maximum Gasteiger partial charge on any atom is 0.338 e. The van der Waals surface area contributed by atoms with Crippen molar-refractivity contribution in [2.45, 2.75) is 13.5 Å². The lowest BCUT2D eigenvalue weighted by Crippen LogP contribution is -2.05. The predicted octanol–water partition coefficient (Wildman–Crippen LogP) is 5.14. The Labute approximate surface area is 141 Å². The highest BCUT2D eigenvalue weighted by Gasteiger charge is 2.08. The number of carbonyl (C=O) groups excluding carboxylic acids is 1. The summed E-state index contributed by atoms with van der Waals surface area (Å²) in [5, 5.41) is 0. The summed E-state index contributed by atoms with van der Waals surface area (Å²) in [6.07, 6.45) is 0. The van der Waals surface area contributed by atoms with Crippen LogP contribution in [0.4, 0.5) is 0 Å². The van der Waals surface area contributed by atoms with Gasteiger partial charge >= 0.3 is 5.97 Å². The van der Waals surface area contributed by atoms with Crippen LogP contribution in [0, 0.1) is 6.92 Å². The van der Waals surface area contributed by atoms with Gasteiger partial charge in [0.1, 0.15) is 18.1 Å². The number of esters is 1. The lowest BCUT2D eigenvalue weighted by Gasteiger charge is -2.08. The van der Waals surface area contributed by atoms with Crippen molar-refractivity contribution in [1.29, 1.82) is 0 Å². The first-order valence-corrected chi connectivity index (χ1v) is 7.76. The van der Waals surface area contributed by atoms with E-state index in [0.29, 0.717) is 11.3 Å². The van der Waals surface area contributed by atoms with Gasteiger partial charge in [0.05, 0.1) is 5.56 Å². The van der Waals surface area contributed by atoms with E-state index in [2.05, 4.69) is 0 Å². The molecule has 3 aromatic rings. The first-order valence-electron chi connectivity index (χ1n) is 7.76. The smallest absolute Gasteiger partial charge is 0.338 e. The summed E-state index contributed by atoms with van der Waals surface area (Å²) in [5.41, 5.74) is 2.64. The lowest BCUT2D eigenvalue weighted by molar-refractivity contribution is 0.0472. The van der Waals surface area contributed by atoms with Gasteiger partial charge in [-0.05, 0) is 48.9 Å². The molecule has 0 spiro atoms. The molecule has 0 unspecified atom stereocenters. The lowest BCUT2D eigenvalue weighted by atomic mass is 10.2. The topological polar surface area (TPSA) is 35.5 Å². The Kier molecular flexibility index (Phi) is 4.92. The van der Waals surface area contributed by atoms with Crippen molar-refractivity contribution in [2.75, 3.05) is 0 Å². The van der Waals surface area contributed by atoms with Gasteiger partial charge in [0.25, 0.3) is 0 Å². The molecular weight excluding hydrogens is 300 g/mol. The molecule has 120 valence electrons. The number of benzene rings is 3. The van der Waals surface area contributed by atoms with Gasteiger partial charge in [-0.3, -0.25) is 0 Å². The zero-order valence-electron chi connectivity index (χ0n) is 13.4. The van der Waals surface area contributed by atoms with E-state index in [0.717, 1.165) is 11.3 Å². The Bertz CT molecular complexity index is 791. The minimum absolute atomic E-state index is 0.265. The first kappa shape index (κ1) is 15.8. The van der Waals surface area contributed by atoms with Gasteiger partial charge < -0.3 is 9.47 Å². The molecule has 3 rings (SSSR count). The van der Waals surface area contributed by atoms with Crippen LogP contribution in [-0.2, 0) is 11.3 Å². The van der Waals surface area contributed by atoms with Crippen molar-refractivity contribution in [3.05, 3.63) is 95.6 Å². The highest BCUT2D eigenvalue weighted by molar-refractivity contribution is 5.89. The zero-order valence-corrected chi connectivity index (χ0v) is 13.4. The Morgan fingerprint density at radius 1 is 0.792 bits per heavy atom. The average Bonchev–Trinajstić information content (AvgIpc) is 2.63. The van der Waals surface area contributed by atoms with Gasteiger partial charge in [0, 0.05) is 0 Å². The fourth-order valence-electron chi connectivity index (χ4n) is 2.21. The normalized spacial score (nSPS) is 10.2. The SMILES string of the molecule is Cc1ccc(Oc2ccc(C(=O)OCc3ccccc3)cc2)cc1. The second kappa shape index (κ2) is 7.47. The van der Waals surface area contributed by atoms with Gasteiger partial charge in [-0.15, -0.1) is 0 Å². The molecule has 0 atom stereocenters. The van der Waals surface area contributed by atoms with Gasteiger partial charge in [-0.25, -0.2) is 4.79 Å². The predicted molar refractivity (Wildman–Crippen MR) is 93.3 cm³/mol. The van der Waals surface area contributed by atoms with Crippen molar-refractivity contribution in [3.63, 3.8) is 0 Å². The molecule has 0 saturated heterocycles. The maximum absolute atomic E-state index is 12.1. The van der Waals surface area contributed by atoms with E-state index in [1.165, 1.54) is 5.56 Å². The molecule has 0 radical (unpaired) electrons. The summed E-state index contributed by atoms with van der Waals surface area (Å²) in [7, 11) is 0. The summed E-state index contributed by atoms with van der Waals surface area (Å²) in [6, 6.07) is 24.4. The highest BCUT2D eigenvalue weighted by Crippen LogP contribution is 2.22. The Balaban J connectivity index is 1.59. The first-order chi connectivity index (χ1) is 11.7. The number of carbonyl (C=O) groups is 1. The molecule has 0 fully saturated rings. The third-order valence-corrected chi connectivity index (χ3v) is 3.56. The summed E-state index contributed by atoms with van der Waals surface area (Å²) >= 11 is 0. The van der Waals surface area contributed by atoms with Crippen LogP contribution in [0.5, 0.6) is 11.5 Å². The van der Waals surface area contributed by atoms with Gasteiger partial charge in [-0.1, -0.05) is 48.0 Å². The summed E-state index contributed by atoms with van der Waals surface area (Å²) < 4.78 is 11.1. The molecular formula is C21H18O3. The van der Waals surface area contributed by atoms with Gasteiger partial charge in [-0.2, -0.15) is 0 Å². The third kappa shape index (κ3) is 4.23. The number of ether oxygens (including phenoxy) is 2. The molecule has 0 aromatic heterocycles. The molecule has 0 N–H and O–H groups in total. The van der Waals surface area contributed by atoms with Gasteiger partial charge in [0.2, 0.25) is 0 Å². The van der Waals surface area contributed by atoms with E-state index in [-0.39, 0.29) is 12.6 Å². The highest BCUT2D eigenvalue weighted by atomic mass is 16.5. The van der Waals surface area contributed by atoms with Gasteiger partial charge in [0.15, 0.2) is 0 Å². The summed E-state index contributed by atoms with van der Waals surface area (Å²) in [4.78, 5) is 12.1. The molecule has 0 aliphatic heterocycles. The molecule has 3 aromatic carbocycles. The van der Waals surface area contributed by atoms with Crippen molar-refractivity contribution in [2.24, 2.45) is 0 Å². The van der Waals surface area contributed by atoms with Crippen molar-refractivity contribution in [1.82, 2.24) is 0 Å². The summed E-state index contributed by atoms with van der Waals surface area (Å²) in [5.74, 6) is 1.10. The minimum atomic E-state index is -0.347. The van der Waals surface area contributed by atoms with Crippen molar-refractivity contribution in [3.8, 4) is 11.5 Å². The van der Waals surface area contributed by atoms with E-state index < -0.39 is 0 Å². The van der Waals surface area contributed by atoms with E-state index in [1.807, 2.05) is 61.5 Å². The number of hydrogen-bond acceptors (Lipinski definition) is 3. The quantitative estimate of drug-likeness (QED) is 0.611. The largest absolute Gasteiger partial charge is 0.457 e. The van der Waals surface area contributed by atoms with Crippen LogP contribution in [0.2, 0.25) is 0 Å². The number of hydrogen-bond donors (Lipinski definition) is 0. The molecule has 0 heterocycles. The van der Waals surface area contributed by atoms with Crippen LogP contribution >= 0.6 is 0 Å². The Morgan fingerprint density at radius 2 is 1.38 bits per heavy atom. The number of aryl methyl sites for hydroxylation is 1. The van der Waals surface area contributed by atoms with E-state index in [4.69, 9.17) is 9.47 Å². The van der Waals surface area contributed by atoms with E-state index >= 15 is 0 Å². The number of rotatable bonds is 5. The second-order valence-corrected chi connectivity index (χ2v) is 5.50. The summed E-state index contributed by atoms with van der Waals surface area (Å²) in [6.45, 7) is 2.29. The second-order valence-electron chi connectivity index (χ2n) is 5.50. The maximum atomic E-state index is 12.1. The standard InChI is InChI=1S/C21H18O3/c1-16-7-11-19(12-8-16)24-20-13-9-18(10-14-20)21(22)23-15-17-5-3-2-4-6-17/h2-14H,15H2,1H3. The molecule has 3 nitrogen and oxygen atoms in total. The average molecular weight is 318 g/mol. The molecule has 3 heteroatoms. The van der Waals surface area contributed by atoms with Crippen LogP contribution in [0.1, 0.15) is 21.5 Å². The van der Waals surface area contributed by atoms with Crippen molar-refractivity contribution >= 4 is 5.97 Å². The third-order valence-electron chi connectivity index (χ3n) is 3.56. The van der Waals surface area contributed by atoms with Crippen LogP contribution < -0.4 is 4.74 Å². The van der Waals surface area contributed by atoms with Crippen molar-refractivity contribution < 1.29 is 14.3 Å². The fraction of sp³-hybridized carbons (Fsp3) is 0.0952. The molecule has 0 bridgehead atoms. The monoisotopic (exact) mass is 318 g/mol. The van der Waals surface area contributed by atoms with E-state index in [9.17, 15) is 4.79 Å². The van der Waals surface area contributed by atoms with Crippen LogP contribution in [0.25, 0.3) is 0 Å². The molecule has 0 aliphatic rings. The fourth-order valence-corrected chi connectivity index (χ4v) is 2.21. The Morgan fingerprint density at radius 3 is 2.00 bits per heavy atom. The zero-order chi connectivity index (χ0) is 16.8.